The Hall–Kier alpha value is -0.740. The minimum Gasteiger partial charge on any atom is -0.550 e. The normalized spacial score (nSPS) is 14.5. The van der Waals surface area contributed by atoms with Gasteiger partial charge >= 0.3 is 0 Å². The third-order valence-corrected chi connectivity index (χ3v) is 1.38. The van der Waals surface area contributed by atoms with E-state index in [9.17, 15) is 23.1 Å². The molecule has 0 bridgehead atoms. The molecule has 0 aromatic carbocycles. The molecular weight excluding hydrogens is 161 g/mol. The van der Waals surface area contributed by atoms with Gasteiger partial charge in [-0.2, -0.15) is 0 Å². The van der Waals surface area contributed by atoms with Crippen LogP contribution in [0.5, 0.6) is 0 Å². The number of halogens is 3. The lowest BCUT2D eigenvalue weighted by Gasteiger charge is -2.23. The van der Waals surface area contributed by atoms with Gasteiger partial charge in [0.05, 0.1) is 11.9 Å². The van der Waals surface area contributed by atoms with Gasteiger partial charge in [-0.15, -0.1) is 0 Å². The predicted octanol–water partition coefficient (Wildman–Crippen LogP) is 0.367. The van der Waals surface area contributed by atoms with Crippen LogP contribution in [0.25, 0.3) is 0 Å². The number of carboxylic acid groups (broad SMARTS) is 1. The molecule has 5 heteroatoms. The summed E-state index contributed by atoms with van der Waals surface area (Å²) < 4.78 is 36.1. The molecule has 0 heterocycles. The smallest absolute Gasteiger partial charge is 0.283 e. The topological polar surface area (TPSA) is 40.1 Å². The Kier molecular flexibility index (Phi) is 3.35. The molecule has 0 rings (SSSR count). The van der Waals surface area contributed by atoms with Gasteiger partial charge in [-0.05, 0) is 6.42 Å². The molecule has 0 spiro atoms. The Bertz CT molecular complexity index is 147. The number of carbonyl (C=O) groups is 1. The van der Waals surface area contributed by atoms with Crippen LogP contribution in [0, 0.1) is 5.92 Å². The Morgan fingerprint density at radius 2 is 2.09 bits per heavy atom. The van der Waals surface area contributed by atoms with E-state index in [0.717, 1.165) is 0 Å². The quantitative estimate of drug-likeness (QED) is 0.609. The predicted molar refractivity (Wildman–Crippen MR) is 29.7 cm³/mol. The first-order valence-electron chi connectivity index (χ1n) is 3.10. The Morgan fingerprint density at radius 1 is 1.64 bits per heavy atom. The minimum absolute atomic E-state index is 0.334. The van der Waals surface area contributed by atoms with E-state index in [-0.39, 0.29) is 6.42 Å². The molecule has 0 saturated carbocycles. The highest BCUT2D eigenvalue weighted by Crippen LogP contribution is 2.27. The van der Waals surface area contributed by atoms with Gasteiger partial charge in [-0.3, -0.25) is 0 Å². The zero-order valence-electron chi connectivity index (χ0n) is 5.94. The van der Waals surface area contributed by atoms with Crippen molar-refractivity contribution in [1.29, 1.82) is 0 Å². The van der Waals surface area contributed by atoms with Crippen LogP contribution in [0.15, 0.2) is 0 Å². The molecule has 0 aliphatic rings. The van der Waals surface area contributed by atoms with Crippen molar-refractivity contribution < 1.29 is 23.1 Å². The fourth-order valence-corrected chi connectivity index (χ4v) is 0.731. The zero-order chi connectivity index (χ0) is 9.07. The number of alkyl halides is 3. The van der Waals surface area contributed by atoms with Crippen LogP contribution >= 0.6 is 0 Å². The van der Waals surface area contributed by atoms with E-state index in [4.69, 9.17) is 0 Å². The molecule has 0 aromatic heterocycles. The molecule has 0 aromatic rings. The average molecular weight is 169 g/mol. The SMILES string of the molecule is CCC(C(=O)[O-])C(F)(F)CF. The number of hydrogen-bond donors (Lipinski definition) is 0. The molecule has 2 nitrogen and oxygen atoms in total. The molecule has 0 radical (unpaired) electrons. The highest BCUT2D eigenvalue weighted by atomic mass is 19.3. The summed E-state index contributed by atoms with van der Waals surface area (Å²) in [6.07, 6.45) is -0.334. The van der Waals surface area contributed by atoms with Gasteiger partial charge in [0.25, 0.3) is 5.92 Å². The lowest BCUT2D eigenvalue weighted by molar-refractivity contribution is -0.319. The van der Waals surface area contributed by atoms with E-state index < -0.39 is 24.5 Å². The maximum atomic E-state index is 12.3. The summed E-state index contributed by atoms with van der Waals surface area (Å²) >= 11 is 0. The second-order valence-electron chi connectivity index (χ2n) is 2.17. The summed E-state index contributed by atoms with van der Waals surface area (Å²) in [6.45, 7) is -0.719. The first-order valence-corrected chi connectivity index (χ1v) is 3.10. The number of carbonyl (C=O) groups excluding carboxylic acids is 1. The fourth-order valence-electron chi connectivity index (χ4n) is 0.731. The Balaban J connectivity index is 4.36. The van der Waals surface area contributed by atoms with Gasteiger partial charge < -0.3 is 9.90 Å². The zero-order valence-corrected chi connectivity index (χ0v) is 5.94. The highest BCUT2D eigenvalue weighted by Gasteiger charge is 2.39. The van der Waals surface area contributed by atoms with Crippen molar-refractivity contribution in [1.82, 2.24) is 0 Å². The van der Waals surface area contributed by atoms with Crippen molar-refractivity contribution in [3.63, 3.8) is 0 Å². The van der Waals surface area contributed by atoms with Crippen LogP contribution in [0.3, 0.4) is 0 Å². The molecule has 0 N–H and O–H groups in total. The van der Waals surface area contributed by atoms with Gasteiger partial charge in [0, 0.05) is 0 Å². The van der Waals surface area contributed by atoms with E-state index in [1.54, 1.807) is 0 Å². The molecular formula is C6H8F3O2-. The molecule has 0 saturated heterocycles. The van der Waals surface area contributed by atoms with E-state index in [0.29, 0.717) is 0 Å². The van der Waals surface area contributed by atoms with Crippen molar-refractivity contribution in [2.24, 2.45) is 5.92 Å². The largest absolute Gasteiger partial charge is 0.550 e. The molecule has 1 unspecified atom stereocenters. The second-order valence-corrected chi connectivity index (χ2v) is 2.17. The van der Waals surface area contributed by atoms with Crippen LogP contribution in [0.1, 0.15) is 13.3 Å². The summed E-state index contributed by atoms with van der Waals surface area (Å²) in [6, 6.07) is 0. The molecule has 66 valence electrons. The molecule has 0 amide bonds. The third-order valence-electron chi connectivity index (χ3n) is 1.38. The molecule has 0 fully saturated rings. The third kappa shape index (κ3) is 2.40. The van der Waals surface area contributed by atoms with Crippen LogP contribution in [0.4, 0.5) is 13.2 Å². The Morgan fingerprint density at radius 3 is 2.18 bits per heavy atom. The molecule has 0 aliphatic carbocycles. The second kappa shape index (κ2) is 3.59. The average Bonchev–Trinajstić information content (AvgIpc) is 1.88. The van der Waals surface area contributed by atoms with Crippen molar-refractivity contribution in [3.05, 3.63) is 0 Å². The van der Waals surface area contributed by atoms with Gasteiger partial charge in [0.2, 0.25) is 0 Å². The maximum absolute atomic E-state index is 12.3. The molecule has 11 heavy (non-hydrogen) atoms. The Labute approximate surface area is 62.0 Å². The number of aliphatic carboxylic acids is 1. The van der Waals surface area contributed by atoms with E-state index >= 15 is 0 Å². The van der Waals surface area contributed by atoms with Gasteiger partial charge in [-0.1, -0.05) is 6.92 Å². The van der Waals surface area contributed by atoms with Crippen molar-refractivity contribution >= 4 is 5.97 Å². The van der Waals surface area contributed by atoms with Crippen LogP contribution in [-0.4, -0.2) is 18.6 Å². The highest BCUT2D eigenvalue weighted by molar-refractivity contribution is 5.68. The minimum atomic E-state index is -3.80. The monoisotopic (exact) mass is 169 g/mol. The van der Waals surface area contributed by atoms with E-state index in [1.165, 1.54) is 6.92 Å². The van der Waals surface area contributed by atoms with Gasteiger partial charge in [0.1, 0.15) is 0 Å². The van der Waals surface area contributed by atoms with E-state index in [1.807, 2.05) is 0 Å². The fraction of sp³-hybridized carbons (Fsp3) is 0.833. The summed E-state index contributed by atoms with van der Waals surface area (Å²) in [4.78, 5) is 9.98. The van der Waals surface area contributed by atoms with Crippen LogP contribution in [-0.2, 0) is 4.79 Å². The van der Waals surface area contributed by atoms with E-state index in [2.05, 4.69) is 0 Å². The molecule has 0 aliphatic heterocycles. The van der Waals surface area contributed by atoms with Crippen LogP contribution in [0.2, 0.25) is 0 Å². The summed E-state index contributed by atoms with van der Waals surface area (Å²) in [5.74, 6) is -7.73. The van der Waals surface area contributed by atoms with Crippen molar-refractivity contribution in [2.45, 2.75) is 19.3 Å². The van der Waals surface area contributed by atoms with Gasteiger partial charge in [-0.25, -0.2) is 13.2 Å². The standard InChI is InChI=1S/C6H9F3O2/c1-2-4(5(10)11)6(8,9)3-7/h4H,2-3H2,1H3,(H,10,11)/p-1. The lowest BCUT2D eigenvalue weighted by atomic mass is 10.00. The lowest BCUT2D eigenvalue weighted by Crippen LogP contribution is -2.43. The first-order chi connectivity index (χ1) is 4.95. The maximum Gasteiger partial charge on any atom is 0.283 e. The molecule has 1 atom stereocenters. The summed E-state index contributed by atoms with van der Waals surface area (Å²) in [5, 5.41) is 9.98. The number of hydrogen-bond acceptors (Lipinski definition) is 2. The van der Waals surface area contributed by atoms with Gasteiger partial charge in [0.15, 0.2) is 6.67 Å². The van der Waals surface area contributed by atoms with Crippen molar-refractivity contribution in [3.8, 4) is 0 Å². The van der Waals surface area contributed by atoms with Crippen molar-refractivity contribution in [2.75, 3.05) is 6.67 Å². The summed E-state index contributed by atoms with van der Waals surface area (Å²) in [7, 11) is 0. The van der Waals surface area contributed by atoms with Crippen LogP contribution < -0.4 is 5.11 Å². The number of rotatable bonds is 4. The first kappa shape index (κ1) is 10.3. The summed E-state index contributed by atoms with van der Waals surface area (Å²) in [5.41, 5.74) is 0. The number of carboxylic acids is 1.